The van der Waals surface area contributed by atoms with Crippen LogP contribution in [0.25, 0.3) is 0 Å². The summed E-state index contributed by atoms with van der Waals surface area (Å²) in [6.45, 7) is 4.84. The van der Waals surface area contributed by atoms with Gasteiger partial charge >= 0.3 is 0 Å². The molecule has 0 fully saturated rings. The highest BCUT2D eigenvalue weighted by Gasteiger charge is 2.14. The summed E-state index contributed by atoms with van der Waals surface area (Å²) in [5.74, 6) is 0.504. The van der Waals surface area contributed by atoms with Gasteiger partial charge in [-0.2, -0.15) is 5.10 Å². The van der Waals surface area contributed by atoms with E-state index in [9.17, 15) is 14.9 Å². The average Bonchev–Trinajstić information content (AvgIpc) is 3.31. The number of non-ortho nitro benzene ring substituents is 1. The molecular formula is C20H20Cl2N4O5. The molecule has 11 heteroatoms. The van der Waals surface area contributed by atoms with Crippen molar-refractivity contribution in [3.8, 4) is 5.75 Å². The fourth-order valence-corrected chi connectivity index (χ4v) is 3.22. The second-order valence-corrected chi connectivity index (χ2v) is 7.53. The Hall–Kier alpha value is -3.04. The normalized spacial score (nSPS) is 10.8. The number of halogens is 2. The summed E-state index contributed by atoms with van der Waals surface area (Å²) in [5, 5.41) is 18.7. The first-order chi connectivity index (χ1) is 14.8. The number of hydrogen-bond acceptors (Lipinski definition) is 6. The lowest BCUT2D eigenvalue weighted by molar-refractivity contribution is -0.384. The van der Waals surface area contributed by atoms with Gasteiger partial charge in [-0.1, -0.05) is 23.2 Å². The Morgan fingerprint density at radius 1 is 1.29 bits per heavy atom. The molecule has 0 saturated carbocycles. The Kier molecular flexibility index (Phi) is 7.19. The Morgan fingerprint density at radius 2 is 2.06 bits per heavy atom. The molecule has 3 aromatic rings. The van der Waals surface area contributed by atoms with Crippen molar-refractivity contribution >= 4 is 34.8 Å². The van der Waals surface area contributed by atoms with Gasteiger partial charge in [-0.15, -0.1) is 0 Å². The molecule has 0 unspecified atom stereocenters. The highest BCUT2D eigenvalue weighted by molar-refractivity contribution is 6.32. The van der Waals surface area contributed by atoms with Gasteiger partial charge in [-0.25, -0.2) is 0 Å². The average molecular weight is 467 g/mol. The molecule has 31 heavy (non-hydrogen) atoms. The Bertz CT molecular complexity index is 1110. The number of nitrogens with zero attached hydrogens (tertiary/aromatic N) is 3. The van der Waals surface area contributed by atoms with E-state index < -0.39 is 4.92 Å². The van der Waals surface area contributed by atoms with Gasteiger partial charge in [-0.05, 0) is 38.5 Å². The van der Waals surface area contributed by atoms with Crippen LogP contribution in [-0.4, -0.2) is 27.2 Å². The zero-order valence-electron chi connectivity index (χ0n) is 16.9. The van der Waals surface area contributed by atoms with E-state index in [0.717, 1.165) is 11.4 Å². The summed E-state index contributed by atoms with van der Waals surface area (Å²) < 4.78 is 12.8. The number of nitrogens with one attached hydrogen (secondary N) is 1. The molecule has 0 bridgehead atoms. The van der Waals surface area contributed by atoms with Gasteiger partial charge < -0.3 is 14.5 Å². The van der Waals surface area contributed by atoms with Crippen molar-refractivity contribution in [3.05, 3.63) is 73.4 Å². The first kappa shape index (κ1) is 22.6. The summed E-state index contributed by atoms with van der Waals surface area (Å²) in [6.07, 6.45) is 0.680. The lowest BCUT2D eigenvalue weighted by atomic mass is 10.3. The van der Waals surface area contributed by atoms with Crippen LogP contribution in [0.5, 0.6) is 5.75 Å². The molecule has 0 spiro atoms. The van der Waals surface area contributed by atoms with Crippen LogP contribution in [0, 0.1) is 24.0 Å². The number of aryl methyl sites for hydroxylation is 2. The number of hydrogen-bond donors (Lipinski definition) is 1. The number of furan rings is 1. The number of aromatic nitrogens is 2. The third kappa shape index (κ3) is 5.56. The van der Waals surface area contributed by atoms with Gasteiger partial charge in [0, 0.05) is 25.2 Å². The molecule has 0 saturated heterocycles. The molecule has 0 aliphatic carbocycles. The van der Waals surface area contributed by atoms with Crippen molar-refractivity contribution in [3.63, 3.8) is 0 Å². The van der Waals surface area contributed by atoms with Crippen LogP contribution in [-0.2, 0) is 13.2 Å². The molecular weight excluding hydrogens is 447 g/mol. The first-order valence-electron chi connectivity index (χ1n) is 9.39. The summed E-state index contributed by atoms with van der Waals surface area (Å²) in [4.78, 5) is 22.5. The lowest BCUT2D eigenvalue weighted by Crippen LogP contribution is -2.25. The quantitative estimate of drug-likeness (QED) is 0.277. The van der Waals surface area contributed by atoms with E-state index in [1.165, 1.54) is 18.2 Å². The molecule has 2 aromatic heterocycles. The Labute approximate surface area is 188 Å². The second kappa shape index (κ2) is 9.84. The molecule has 9 nitrogen and oxygen atoms in total. The van der Waals surface area contributed by atoms with Gasteiger partial charge in [-0.3, -0.25) is 19.6 Å². The van der Waals surface area contributed by atoms with Crippen molar-refractivity contribution in [2.45, 2.75) is 33.4 Å². The van der Waals surface area contributed by atoms with E-state index in [2.05, 4.69) is 10.4 Å². The molecule has 0 atom stereocenters. The summed E-state index contributed by atoms with van der Waals surface area (Å²) in [6, 6.07) is 7.07. The molecule has 0 aliphatic rings. The monoisotopic (exact) mass is 466 g/mol. The molecule has 0 radical (unpaired) electrons. The van der Waals surface area contributed by atoms with Crippen LogP contribution >= 0.6 is 23.2 Å². The molecule has 1 N–H and O–H groups in total. The minimum atomic E-state index is -0.542. The van der Waals surface area contributed by atoms with E-state index in [4.69, 9.17) is 32.4 Å². The molecule has 2 heterocycles. The molecule has 1 amide bonds. The number of nitro benzene ring substituents is 1. The summed E-state index contributed by atoms with van der Waals surface area (Å²) in [5.41, 5.74) is 1.55. The van der Waals surface area contributed by atoms with E-state index in [1.54, 1.807) is 12.1 Å². The third-order valence-electron chi connectivity index (χ3n) is 4.51. The summed E-state index contributed by atoms with van der Waals surface area (Å²) in [7, 11) is 0. The molecule has 1 aromatic carbocycles. The second-order valence-electron chi connectivity index (χ2n) is 6.74. The van der Waals surface area contributed by atoms with E-state index in [1.807, 2.05) is 18.5 Å². The number of benzene rings is 1. The lowest BCUT2D eigenvalue weighted by Gasteiger charge is -2.07. The topological polar surface area (TPSA) is 112 Å². The standard InChI is InChI=1S/C20H20Cl2N4O5/c1-12-19(22)13(2)25(24-12)9-3-8-23-20(27)18-7-5-15(31-18)11-30-17-6-4-14(26(28)29)10-16(17)21/h4-7,10H,3,8-9,11H2,1-2H3,(H,23,27). The van der Waals surface area contributed by atoms with Crippen molar-refractivity contribution in [2.75, 3.05) is 6.54 Å². The zero-order chi connectivity index (χ0) is 22.5. The van der Waals surface area contributed by atoms with Crippen molar-refractivity contribution < 1.29 is 18.9 Å². The largest absolute Gasteiger partial charge is 0.484 e. The Balaban J connectivity index is 1.47. The van der Waals surface area contributed by atoms with Crippen molar-refractivity contribution in [1.82, 2.24) is 15.1 Å². The number of nitro groups is 1. The number of carbonyl (C=O) groups excluding carboxylic acids is 1. The smallest absolute Gasteiger partial charge is 0.286 e. The first-order valence-corrected chi connectivity index (χ1v) is 10.1. The maximum absolute atomic E-state index is 12.3. The highest BCUT2D eigenvalue weighted by Crippen LogP contribution is 2.29. The zero-order valence-corrected chi connectivity index (χ0v) is 18.4. The number of rotatable bonds is 9. The van der Waals surface area contributed by atoms with Gasteiger partial charge in [0.15, 0.2) is 5.76 Å². The predicted octanol–water partition coefficient (Wildman–Crippen LogP) is 4.71. The van der Waals surface area contributed by atoms with Crippen LogP contribution in [0.3, 0.4) is 0 Å². The fraction of sp³-hybridized carbons (Fsp3) is 0.300. The SMILES string of the molecule is Cc1nn(CCCNC(=O)c2ccc(COc3ccc([N+](=O)[O-])cc3Cl)o2)c(C)c1Cl. The maximum Gasteiger partial charge on any atom is 0.286 e. The summed E-state index contributed by atoms with van der Waals surface area (Å²) >= 11 is 12.1. The molecule has 164 valence electrons. The van der Waals surface area contributed by atoms with E-state index in [0.29, 0.717) is 30.3 Å². The minimum Gasteiger partial charge on any atom is -0.484 e. The van der Waals surface area contributed by atoms with E-state index in [-0.39, 0.29) is 34.7 Å². The van der Waals surface area contributed by atoms with Crippen LogP contribution in [0.2, 0.25) is 10.0 Å². The van der Waals surface area contributed by atoms with Gasteiger partial charge in [0.25, 0.3) is 11.6 Å². The van der Waals surface area contributed by atoms with Crippen LogP contribution in [0.4, 0.5) is 5.69 Å². The van der Waals surface area contributed by atoms with E-state index >= 15 is 0 Å². The Morgan fingerprint density at radius 3 is 2.71 bits per heavy atom. The maximum atomic E-state index is 12.3. The van der Waals surface area contributed by atoms with Crippen LogP contribution in [0.1, 0.15) is 34.1 Å². The van der Waals surface area contributed by atoms with Crippen molar-refractivity contribution in [1.29, 1.82) is 0 Å². The van der Waals surface area contributed by atoms with Crippen LogP contribution in [0.15, 0.2) is 34.7 Å². The van der Waals surface area contributed by atoms with Gasteiger partial charge in [0.1, 0.15) is 18.1 Å². The molecule has 0 aliphatic heterocycles. The number of amides is 1. The minimum absolute atomic E-state index is 0.0174. The number of ether oxygens (including phenoxy) is 1. The molecule has 3 rings (SSSR count). The highest BCUT2D eigenvalue weighted by atomic mass is 35.5. The number of carbonyl (C=O) groups is 1. The van der Waals surface area contributed by atoms with Gasteiger partial charge in [0.2, 0.25) is 0 Å². The fourth-order valence-electron chi connectivity index (χ4n) is 2.86. The third-order valence-corrected chi connectivity index (χ3v) is 5.35. The van der Waals surface area contributed by atoms with Crippen molar-refractivity contribution in [2.24, 2.45) is 0 Å². The predicted molar refractivity (Wildman–Crippen MR) is 115 cm³/mol. The van der Waals surface area contributed by atoms with Crippen LogP contribution < -0.4 is 10.1 Å². The van der Waals surface area contributed by atoms with Gasteiger partial charge in [0.05, 0.1) is 26.4 Å².